The summed E-state index contributed by atoms with van der Waals surface area (Å²) >= 11 is 1.80. The number of likely N-dealkylation sites (tertiary alicyclic amines) is 1. The third-order valence-corrected chi connectivity index (χ3v) is 6.75. The molecule has 0 aliphatic carbocycles. The van der Waals surface area contributed by atoms with E-state index in [-0.39, 0.29) is 5.54 Å². The van der Waals surface area contributed by atoms with Gasteiger partial charge < -0.3 is 14.8 Å². The molecule has 2 N–H and O–H groups in total. The van der Waals surface area contributed by atoms with Crippen molar-refractivity contribution in [2.75, 3.05) is 26.7 Å². The number of hydrogen-bond acceptors (Lipinski definition) is 6. The van der Waals surface area contributed by atoms with Gasteiger partial charge >= 0.3 is 24.3 Å². The molecule has 8 nitrogen and oxygen atoms in total. The molecule has 0 amide bonds. The first-order chi connectivity index (χ1) is 16.6. The van der Waals surface area contributed by atoms with Gasteiger partial charge in [-0.3, -0.25) is 9.80 Å². The number of aliphatic carboxylic acids is 2. The number of carboxylic acids is 2. The fourth-order valence-electron chi connectivity index (χ4n) is 4.08. The Hall–Kier alpha value is -2.65. The van der Waals surface area contributed by atoms with E-state index in [4.69, 9.17) is 24.8 Å². The third kappa shape index (κ3) is 7.43. The molecule has 0 saturated carbocycles. The average molecular weight is 545 g/mol. The van der Waals surface area contributed by atoms with Crippen LogP contribution in [0.15, 0.2) is 23.0 Å². The number of halogens is 6. The summed E-state index contributed by atoms with van der Waals surface area (Å²) < 4.78 is 65.9. The van der Waals surface area contributed by atoms with Crippen molar-refractivity contribution >= 4 is 23.3 Å². The second-order valence-corrected chi connectivity index (χ2v) is 9.12. The van der Waals surface area contributed by atoms with E-state index in [1.54, 1.807) is 11.3 Å². The lowest BCUT2D eigenvalue weighted by atomic mass is 9.83. The minimum absolute atomic E-state index is 0.150. The largest absolute Gasteiger partial charge is 0.490 e. The molecule has 0 unspecified atom stereocenters. The van der Waals surface area contributed by atoms with Gasteiger partial charge in [-0.25, -0.2) is 14.6 Å². The van der Waals surface area contributed by atoms with Crippen molar-refractivity contribution in [2.24, 2.45) is 0 Å². The quantitative estimate of drug-likeness (QED) is 0.553. The van der Waals surface area contributed by atoms with Crippen LogP contribution in [-0.2, 0) is 28.2 Å². The van der Waals surface area contributed by atoms with Crippen molar-refractivity contribution in [1.82, 2.24) is 19.4 Å². The standard InChI is InChI=1S/C17H24N4S.2C2HF3O2/c1-14-11-18-16-17(19(2)8-9-21(14)16)4-6-20(7-5-17)12-15-3-10-22-13-15;2*3-2(4,5)1(6)7/h3,10-11,13H,4-9,12H2,1-2H3;2*(H,6,7). The van der Waals surface area contributed by atoms with Crippen LogP contribution in [0.25, 0.3) is 0 Å². The zero-order valence-corrected chi connectivity index (χ0v) is 20.3. The van der Waals surface area contributed by atoms with Gasteiger partial charge in [0.1, 0.15) is 5.82 Å². The first kappa shape index (κ1) is 29.6. The predicted octanol–water partition coefficient (Wildman–Crippen LogP) is 3.96. The van der Waals surface area contributed by atoms with Gasteiger partial charge in [0.25, 0.3) is 0 Å². The second kappa shape index (κ2) is 11.6. The molecule has 2 aromatic rings. The van der Waals surface area contributed by atoms with E-state index in [0.29, 0.717) is 0 Å². The Morgan fingerprint density at radius 2 is 1.56 bits per heavy atom. The molecule has 2 aliphatic heterocycles. The zero-order chi connectivity index (χ0) is 27.3. The molecule has 36 heavy (non-hydrogen) atoms. The first-order valence-corrected chi connectivity index (χ1v) is 11.6. The number of carboxylic acid groups (broad SMARTS) is 2. The summed E-state index contributed by atoms with van der Waals surface area (Å²) in [5.41, 5.74) is 2.91. The van der Waals surface area contributed by atoms with E-state index in [9.17, 15) is 26.3 Å². The van der Waals surface area contributed by atoms with E-state index >= 15 is 0 Å². The number of rotatable bonds is 2. The van der Waals surface area contributed by atoms with Gasteiger partial charge in [-0.1, -0.05) is 0 Å². The summed E-state index contributed by atoms with van der Waals surface area (Å²) in [6, 6.07) is 2.25. The van der Waals surface area contributed by atoms with Crippen LogP contribution in [0.1, 0.15) is 29.9 Å². The fraction of sp³-hybridized carbons (Fsp3) is 0.571. The molecule has 1 saturated heterocycles. The molecule has 4 rings (SSSR count). The Morgan fingerprint density at radius 3 is 2.00 bits per heavy atom. The predicted molar refractivity (Wildman–Crippen MR) is 117 cm³/mol. The Balaban J connectivity index is 0.000000271. The number of alkyl halides is 6. The van der Waals surface area contributed by atoms with Crippen LogP contribution in [0.4, 0.5) is 26.3 Å². The molecule has 2 aliphatic rings. The number of likely N-dealkylation sites (N-methyl/N-ethyl adjacent to an activating group) is 1. The molecule has 2 aromatic heterocycles. The topological polar surface area (TPSA) is 98.9 Å². The highest BCUT2D eigenvalue weighted by molar-refractivity contribution is 7.07. The lowest BCUT2D eigenvalue weighted by Crippen LogP contribution is -2.56. The van der Waals surface area contributed by atoms with Crippen LogP contribution in [0.2, 0.25) is 0 Å². The number of carbonyl (C=O) groups is 2. The van der Waals surface area contributed by atoms with Crippen molar-refractivity contribution in [1.29, 1.82) is 0 Å². The molecular weight excluding hydrogens is 518 g/mol. The van der Waals surface area contributed by atoms with Gasteiger partial charge in [0.15, 0.2) is 0 Å². The maximum Gasteiger partial charge on any atom is 0.490 e. The minimum Gasteiger partial charge on any atom is -0.475 e. The number of hydrogen-bond donors (Lipinski definition) is 2. The number of piperidine rings is 1. The monoisotopic (exact) mass is 544 g/mol. The molecule has 0 aromatic carbocycles. The first-order valence-electron chi connectivity index (χ1n) is 10.7. The van der Waals surface area contributed by atoms with Crippen LogP contribution in [-0.4, -0.2) is 80.5 Å². The van der Waals surface area contributed by atoms with Gasteiger partial charge in [-0.15, -0.1) is 0 Å². The Morgan fingerprint density at radius 1 is 1.03 bits per heavy atom. The molecule has 4 heterocycles. The van der Waals surface area contributed by atoms with Crippen LogP contribution in [0, 0.1) is 6.92 Å². The van der Waals surface area contributed by atoms with E-state index in [2.05, 4.69) is 45.2 Å². The normalized spacial score (nSPS) is 17.9. The van der Waals surface area contributed by atoms with Crippen LogP contribution < -0.4 is 0 Å². The van der Waals surface area contributed by atoms with E-state index in [1.807, 2.05) is 6.20 Å². The number of aryl methyl sites for hydroxylation is 1. The second-order valence-electron chi connectivity index (χ2n) is 8.34. The molecule has 1 spiro atoms. The number of fused-ring (bicyclic) bond motifs is 2. The summed E-state index contributed by atoms with van der Waals surface area (Å²) in [6.07, 6.45) is -5.75. The summed E-state index contributed by atoms with van der Waals surface area (Å²) in [4.78, 5) is 27.7. The maximum atomic E-state index is 10.6. The Labute approximate surface area is 206 Å². The maximum absolute atomic E-state index is 10.6. The van der Waals surface area contributed by atoms with Gasteiger partial charge in [-0.05, 0) is 49.2 Å². The summed E-state index contributed by atoms with van der Waals surface area (Å²) in [5, 5.41) is 18.7. The number of aromatic nitrogens is 2. The van der Waals surface area contributed by atoms with Crippen molar-refractivity contribution in [3.8, 4) is 0 Å². The Kier molecular flexibility index (Phi) is 9.53. The molecule has 0 bridgehead atoms. The minimum atomic E-state index is -5.08. The van der Waals surface area contributed by atoms with Crippen molar-refractivity contribution in [3.05, 3.63) is 40.1 Å². The molecular formula is C21H26F6N4O4S. The lowest BCUT2D eigenvalue weighted by Gasteiger charge is -2.49. The van der Waals surface area contributed by atoms with E-state index in [1.165, 1.54) is 29.9 Å². The summed E-state index contributed by atoms with van der Waals surface area (Å²) in [5.74, 6) is -4.21. The van der Waals surface area contributed by atoms with Gasteiger partial charge in [-0.2, -0.15) is 37.7 Å². The number of nitrogens with zero attached hydrogens (tertiary/aromatic N) is 4. The molecule has 1 fully saturated rings. The number of thiophene rings is 1. The van der Waals surface area contributed by atoms with E-state index < -0.39 is 24.3 Å². The summed E-state index contributed by atoms with van der Waals surface area (Å²) in [6.45, 7) is 7.81. The van der Waals surface area contributed by atoms with Crippen molar-refractivity contribution in [2.45, 2.75) is 50.7 Å². The molecule has 0 atom stereocenters. The van der Waals surface area contributed by atoms with E-state index in [0.717, 1.165) is 32.7 Å². The van der Waals surface area contributed by atoms with Crippen LogP contribution >= 0.6 is 11.3 Å². The number of imidazole rings is 1. The highest BCUT2D eigenvalue weighted by Gasteiger charge is 2.45. The smallest absolute Gasteiger partial charge is 0.475 e. The molecule has 202 valence electrons. The Bertz CT molecular complexity index is 991. The van der Waals surface area contributed by atoms with Crippen LogP contribution in [0.3, 0.4) is 0 Å². The van der Waals surface area contributed by atoms with Crippen LogP contribution in [0.5, 0.6) is 0 Å². The molecule has 15 heteroatoms. The van der Waals surface area contributed by atoms with Gasteiger partial charge in [0, 0.05) is 44.6 Å². The fourth-order valence-corrected chi connectivity index (χ4v) is 4.74. The summed E-state index contributed by atoms with van der Waals surface area (Å²) in [7, 11) is 2.28. The highest BCUT2D eigenvalue weighted by Crippen LogP contribution is 2.40. The SMILES string of the molecule is Cc1cnc2n1CCN(C)C21CCN(Cc2ccsc2)CC1.O=C(O)C(F)(F)F.O=C(O)C(F)(F)F. The highest BCUT2D eigenvalue weighted by atomic mass is 32.1. The zero-order valence-electron chi connectivity index (χ0n) is 19.4. The lowest BCUT2D eigenvalue weighted by molar-refractivity contribution is -0.193. The molecule has 0 radical (unpaired) electrons. The van der Waals surface area contributed by atoms with Gasteiger partial charge in [0.05, 0.1) is 5.54 Å². The average Bonchev–Trinajstić information content (AvgIpc) is 3.42. The van der Waals surface area contributed by atoms with Crippen molar-refractivity contribution < 1.29 is 46.1 Å². The van der Waals surface area contributed by atoms with Gasteiger partial charge in [0.2, 0.25) is 0 Å². The van der Waals surface area contributed by atoms with Crippen molar-refractivity contribution in [3.63, 3.8) is 0 Å². The third-order valence-electron chi connectivity index (χ3n) is 6.02.